The van der Waals surface area contributed by atoms with Gasteiger partial charge in [-0.05, 0) is 44.7 Å². The highest BCUT2D eigenvalue weighted by Crippen LogP contribution is 2.39. The lowest BCUT2D eigenvalue weighted by Crippen LogP contribution is -2.35. The molecule has 4 N–H and O–H groups in total. The average Bonchev–Trinajstić information content (AvgIpc) is 3.61. The Hall–Kier alpha value is -3.74. The monoisotopic (exact) mass is 565 g/mol. The Morgan fingerprint density at radius 2 is 1.85 bits per heavy atom. The van der Waals surface area contributed by atoms with Crippen molar-refractivity contribution >= 4 is 28.1 Å². The fourth-order valence-electron chi connectivity index (χ4n) is 5.44. The number of hydrogen-bond donors (Lipinski definition) is 3. The number of benzene rings is 1. The van der Waals surface area contributed by atoms with E-state index in [1.807, 2.05) is 35.7 Å². The third kappa shape index (κ3) is 6.61. The first-order valence-electron chi connectivity index (χ1n) is 14.3. The topological polar surface area (TPSA) is 151 Å². The van der Waals surface area contributed by atoms with E-state index >= 15 is 0 Å². The molecule has 0 spiro atoms. The van der Waals surface area contributed by atoms with Crippen molar-refractivity contribution in [3.05, 3.63) is 36.4 Å². The molecule has 1 aliphatic carbocycles. The number of fused-ring (bicyclic) bond motifs is 2. The number of carbonyl (C=O) groups is 1. The van der Waals surface area contributed by atoms with Crippen LogP contribution in [-0.4, -0.2) is 83.8 Å². The highest BCUT2D eigenvalue weighted by molar-refractivity contribution is 5.93. The van der Waals surface area contributed by atoms with Crippen molar-refractivity contribution in [3.63, 3.8) is 0 Å². The van der Waals surface area contributed by atoms with Crippen molar-refractivity contribution in [2.75, 3.05) is 59.0 Å². The normalized spacial score (nSPS) is 17.3. The maximum atomic E-state index is 12.8. The van der Waals surface area contributed by atoms with E-state index in [-0.39, 0.29) is 17.7 Å². The van der Waals surface area contributed by atoms with Gasteiger partial charge in [0, 0.05) is 30.4 Å². The molecule has 0 atom stereocenters. The SMILES string of the molecule is CCOCCOCCOCCNC(=O)C1CCC(c2nc(-c3cc4cccc(OC)c4[nH]3)c3c(N)ncnn23)CC1. The van der Waals surface area contributed by atoms with Gasteiger partial charge in [0.15, 0.2) is 5.82 Å². The number of anilines is 1. The van der Waals surface area contributed by atoms with Crippen LogP contribution in [0.4, 0.5) is 5.82 Å². The van der Waals surface area contributed by atoms with Gasteiger partial charge in [-0.15, -0.1) is 0 Å². The number of nitrogens with zero attached hydrogens (tertiary/aromatic N) is 4. The predicted molar refractivity (Wildman–Crippen MR) is 155 cm³/mol. The minimum atomic E-state index is -0.0280. The van der Waals surface area contributed by atoms with E-state index in [0.29, 0.717) is 63.2 Å². The second-order valence-electron chi connectivity index (χ2n) is 10.1. The highest BCUT2D eigenvalue weighted by Gasteiger charge is 2.31. The van der Waals surface area contributed by atoms with Crippen LogP contribution in [0.2, 0.25) is 0 Å². The van der Waals surface area contributed by atoms with Crippen molar-refractivity contribution in [3.8, 4) is 17.1 Å². The standard InChI is InChI=1S/C29H39N7O5/c1-3-39-13-14-41-16-15-40-12-11-31-29(37)20-9-7-19(8-10-20)28-35-25(26-27(30)32-18-33-36(26)28)22-17-21-5-4-6-23(38-2)24(21)34-22/h4-6,17-20,34H,3,7-16H2,1-2H3,(H,31,37)(H2,30,32,33). The lowest BCUT2D eigenvalue weighted by molar-refractivity contribution is -0.126. The lowest BCUT2D eigenvalue weighted by Gasteiger charge is -2.26. The van der Waals surface area contributed by atoms with Crippen molar-refractivity contribution in [1.29, 1.82) is 0 Å². The number of H-pyrrole nitrogens is 1. The van der Waals surface area contributed by atoms with Gasteiger partial charge in [-0.2, -0.15) is 5.10 Å². The van der Waals surface area contributed by atoms with Crippen molar-refractivity contribution in [2.24, 2.45) is 5.92 Å². The summed E-state index contributed by atoms with van der Waals surface area (Å²) in [6.07, 6.45) is 4.67. The molecule has 0 bridgehead atoms. The zero-order valence-corrected chi connectivity index (χ0v) is 23.7. The van der Waals surface area contributed by atoms with Crippen LogP contribution >= 0.6 is 0 Å². The van der Waals surface area contributed by atoms with Gasteiger partial charge in [0.05, 0.1) is 51.4 Å². The molecule has 1 saturated carbocycles. The fourth-order valence-corrected chi connectivity index (χ4v) is 5.44. The Morgan fingerprint density at radius 3 is 2.61 bits per heavy atom. The number of methoxy groups -OCH3 is 1. The van der Waals surface area contributed by atoms with Crippen molar-refractivity contribution < 1.29 is 23.7 Å². The number of para-hydroxylation sites is 1. The first kappa shape index (κ1) is 28.8. The summed E-state index contributed by atoms with van der Waals surface area (Å²) in [5, 5.41) is 8.54. The quantitative estimate of drug-likeness (QED) is 0.196. The number of amides is 1. The van der Waals surface area contributed by atoms with Crippen LogP contribution in [0.25, 0.3) is 27.8 Å². The number of nitrogens with one attached hydrogen (secondary N) is 2. The van der Waals surface area contributed by atoms with Gasteiger partial charge in [-0.1, -0.05) is 12.1 Å². The maximum Gasteiger partial charge on any atom is 0.223 e. The minimum absolute atomic E-state index is 0.0280. The Bertz CT molecular complexity index is 1440. The van der Waals surface area contributed by atoms with Gasteiger partial charge >= 0.3 is 0 Å². The molecule has 5 rings (SSSR count). The second kappa shape index (κ2) is 13.7. The summed E-state index contributed by atoms with van der Waals surface area (Å²) in [6, 6.07) is 7.93. The number of nitrogen functional groups attached to an aromatic ring is 1. The second-order valence-corrected chi connectivity index (χ2v) is 10.1. The smallest absolute Gasteiger partial charge is 0.223 e. The molecule has 12 heteroatoms. The van der Waals surface area contributed by atoms with Gasteiger partial charge < -0.3 is 35.0 Å². The molecule has 12 nitrogen and oxygen atoms in total. The zero-order valence-electron chi connectivity index (χ0n) is 23.7. The van der Waals surface area contributed by atoms with Crippen LogP contribution in [0.3, 0.4) is 0 Å². The van der Waals surface area contributed by atoms with E-state index in [0.717, 1.165) is 53.9 Å². The third-order valence-electron chi connectivity index (χ3n) is 7.54. The summed E-state index contributed by atoms with van der Waals surface area (Å²) in [5.74, 6) is 2.16. The van der Waals surface area contributed by atoms with E-state index < -0.39 is 0 Å². The van der Waals surface area contributed by atoms with Crippen LogP contribution in [0.1, 0.15) is 44.3 Å². The maximum absolute atomic E-state index is 12.8. The Labute approximate surface area is 238 Å². The largest absolute Gasteiger partial charge is 0.495 e. The molecule has 220 valence electrons. The van der Waals surface area contributed by atoms with E-state index in [1.54, 1.807) is 7.11 Å². The molecule has 0 radical (unpaired) electrons. The Kier molecular flexibility index (Phi) is 9.65. The molecule has 1 aromatic carbocycles. The number of aromatic amines is 1. The predicted octanol–water partition coefficient (Wildman–Crippen LogP) is 3.32. The molecular weight excluding hydrogens is 526 g/mol. The van der Waals surface area contributed by atoms with Crippen LogP contribution in [0, 0.1) is 5.92 Å². The molecule has 3 aromatic heterocycles. The van der Waals surface area contributed by atoms with E-state index in [4.69, 9.17) is 29.7 Å². The number of rotatable bonds is 14. The summed E-state index contributed by atoms with van der Waals surface area (Å²) in [6.45, 7) is 5.75. The molecule has 1 aliphatic rings. The first-order valence-corrected chi connectivity index (χ1v) is 14.3. The highest BCUT2D eigenvalue weighted by atomic mass is 16.5. The number of nitrogens with two attached hydrogens (primary N) is 1. The van der Waals surface area contributed by atoms with E-state index in [2.05, 4.69) is 20.4 Å². The molecule has 1 amide bonds. The van der Waals surface area contributed by atoms with Crippen LogP contribution < -0.4 is 15.8 Å². The summed E-state index contributed by atoms with van der Waals surface area (Å²) in [5.41, 5.74) is 9.43. The van der Waals surface area contributed by atoms with E-state index in [9.17, 15) is 4.79 Å². The molecule has 0 saturated heterocycles. The summed E-state index contributed by atoms with van der Waals surface area (Å²) < 4.78 is 23.5. The molecule has 0 unspecified atom stereocenters. The molecule has 4 aromatic rings. The van der Waals surface area contributed by atoms with Gasteiger partial charge in [-0.3, -0.25) is 4.79 Å². The van der Waals surface area contributed by atoms with E-state index in [1.165, 1.54) is 6.33 Å². The molecule has 0 aliphatic heterocycles. The molecule has 41 heavy (non-hydrogen) atoms. The van der Waals surface area contributed by atoms with Crippen LogP contribution in [-0.2, 0) is 19.0 Å². The van der Waals surface area contributed by atoms with Crippen LogP contribution in [0.15, 0.2) is 30.6 Å². The minimum Gasteiger partial charge on any atom is -0.495 e. The average molecular weight is 566 g/mol. The Balaban J connectivity index is 1.18. The molecule has 3 heterocycles. The van der Waals surface area contributed by atoms with Crippen molar-refractivity contribution in [2.45, 2.75) is 38.5 Å². The van der Waals surface area contributed by atoms with Gasteiger partial charge in [0.1, 0.15) is 29.1 Å². The van der Waals surface area contributed by atoms with Gasteiger partial charge in [0.25, 0.3) is 0 Å². The molecule has 1 fully saturated rings. The number of ether oxygens (including phenoxy) is 4. The summed E-state index contributed by atoms with van der Waals surface area (Å²) in [7, 11) is 1.65. The fraction of sp³-hybridized carbons (Fsp3) is 0.517. The zero-order chi connectivity index (χ0) is 28.6. The molecular formula is C29H39N7O5. The number of carbonyl (C=O) groups excluding carboxylic acids is 1. The summed E-state index contributed by atoms with van der Waals surface area (Å²) in [4.78, 5) is 25.5. The first-order chi connectivity index (χ1) is 20.1. The van der Waals surface area contributed by atoms with Crippen LogP contribution in [0.5, 0.6) is 5.75 Å². The van der Waals surface area contributed by atoms with Gasteiger partial charge in [-0.25, -0.2) is 14.5 Å². The number of hydrogen-bond acceptors (Lipinski definition) is 9. The summed E-state index contributed by atoms with van der Waals surface area (Å²) >= 11 is 0. The number of imidazole rings is 1. The van der Waals surface area contributed by atoms with Crippen molar-refractivity contribution in [1.82, 2.24) is 29.9 Å². The Morgan fingerprint density at radius 1 is 1.10 bits per heavy atom. The third-order valence-corrected chi connectivity index (χ3v) is 7.54. The van der Waals surface area contributed by atoms with Gasteiger partial charge in [0.2, 0.25) is 5.91 Å². The number of aromatic nitrogens is 5. The lowest BCUT2D eigenvalue weighted by atomic mass is 9.81.